The van der Waals surface area contributed by atoms with Crippen LogP contribution in [-0.4, -0.2) is 21.8 Å². The molecule has 0 amide bonds. The zero-order valence-corrected chi connectivity index (χ0v) is 12.5. The van der Waals surface area contributed by atoms with Gasteiger partial charge in [-0.1, -0.05) is 54.6 Å². The van der Waals surface area contributed by atoms with Crippen LogP contribution in [0.2, 0.25) is 0 Å². The number of nitrogen functional groups attached to an aromatic ring is 1. The van der Waals surface area contributed by atoms with Crippen LogP contribution >= 0.6 is 0 Å². The van der Waals surface area contributed by atoms with Gasteiger partial charge in [0.05, 0.1) is 11.3 Å². The Morgan fingerprint density at radius 3 is 2.21 bits per heavy atom. The number of carboxylic acid groups (broad SMARTS) is 1. The molecule has 5 heteroatoms. The summed E-state index contributed by atoms with van der Waals surface area (Å²) in [6, 6.07) is 16.1. The summed E-state index contributed by atoms with van der Waals surface area (Å²) in [5.74, 6) is -1.51. The monoisotopic (exact) mass is 316 g/mol. The summed E-state index contributed by atoms with van der Waals surface area (Å²) in [5, 5.41) is 9.57. The van der Waals surface area contributed by atoms with Gasteiger partial charge in [0.1, 0.15) is 11.4 Å². The summed E-state index contributed by atoms with van der Waals surface area (Å²) in [6.45, 7) is 0. The molecule has 0 unspecified atom stereocenters. The minimum atomic E-state index is -1.19. The predicted octanol–water partition coefficient (Wildman–Crippen LogP) is 3.24. The number of aromatic nitrogens is 1. The van der Waals surface area contributed by atoms with Crippen molar-refractivity contribution in [3.05, 3.63) is 71.3 Å². The van der Waals surface area contributed by atoms with Crippen LogP contribution in [0.5, 0.6) is 0 Å². The van der Waals surface area contributed by atoms with E-state index in [9.17, 15) is 14.7 Å². The Bertz CT molecular complexity index is 1010. The Morgan fingerprint density at radius 2 is 1.54 bits per heavy atom. The first-order chi connectivity index (χ1) is 11.6. The molecule has 0 saturated heterocycles. The lowest BCUT2D eigenvalue weighted by atomic mass is 9.96. The third-order valence-corrected chi connectivity index (χ3v) is 4.15. The molecule has 1 aliphatic rings. The molecule has 3 aromatic rings. The number of carbonyl (C=O) groups is 2. The molecule has 3 N–H and O–H groups in total. The van der Waals surface area contributed by atoms with Crippen molar-refractivity contribution >= 4 is 17.6 Å². The molecule has 0 fully saturated rings. The molecule has 0 bridgehead atoms. The highest BCUT2D eigenvalue weighted by Gasteiger charge is 2.35. The first-order valence-electron chi connectivity index (χ1n) is 7.36. The Morgan fingerprint density at radius 1 is 0.917 bits per heavy atom. The van der Waals surface area contributed by atoms with Gasteiger partial charge < -0.3 is 10.8 Å². The number of nitrogens with zero attached hydrogens (tertiary/aromatic N) is 1. The zero-order chi connectivity index (χ0) is 16.8. The average molecular weight is 316 g/mol. The first-order valence-corrected chi connectivity index (χ1v) is 7.36. The lowest BCUT2D eigenvalue weighted by molar-refractivity contribution is 0.0698. The lowest BCUT2D eigenvalue weighted by Crippen LogP contribution is -2.10. The topological polar surface area (TPSA) is 93.3 Å². The standard InChI is InChI=1S/C19H12N2O3/c20-18-15(19(23)24)13-11-8-4-5-9-12(11)17(22)14(13)16(21-18)10-6-2-1-3-7-10/h1-9H,(H2,20,21)(H,23,24). The molecule has 0 saturated carbocycles. The summed E-state index contributed by atoms with van der Waals surface area (Å²) in [4.78, 5) is 28.9. The summed E-state index contributed by atoms with van der Waals surface area (Å²) >= 11 is 0. The molecule has 1 aliphatic carbocycles. The minimum Gasteiger partial charge on any atom is -0.478 e. The summed E-state index contributed by atoms with van der Waals surface area (Å²) < 4.78 is 0. The largest absolute Gasteiger partial charge is 0.478 e. The van der Waals surface area contributed by atoms with Gasteiger partial charge in [-0.25, -0.2) is 9.78 Å². The molecule has 1 aromatic heterocycles. The summed E-state index contributed by atoms with van der Waals surface area (Å²) in [7, 11) is 0. The van der Waals surface area contributed by atoms with Crippen LogP contribution in [0.4, 0.5) is 5.82 Å². The van der Waals surface area contributed by atoms with Crippen LogP contribution in [0.15, 0.2) is 54.6 Å². The fraction of sp³-hybridized carbons (Fsp3) is 0. The molecular weight excluding hydrogens is 304 g/mol. The molecule has 0 spiro atoms. The number of rotatable bonds is 2. The number of aromatic carboxylic acids is 1. The van der Waals surface area contributed by atoms with Crippen molar-refractivity contribution in [2.75, 3.05) is 5.73 Å². The highest BCUT2D eigenvalue weighted by molar-refractivity contribution is 6.27. The number of hydrogen-bond donors (Lipinski definition) is 2. The van der Waals surface area contributed by atoms with Crippen molar-refractivity contribution in [2.45, 2.75) is 0 Å². The minimum absolute atomic E-state index is 0.0930. The number of ketones is 1. The van der Waals surface area contributed by atoms with E-state index in [1.807, 2.05) is 30.3 Å². The number of anilines is 1. The van der Waals surface area contributed by atoms with E-state index < -0.39 is 5.97 Å². The Labute approximate surface area is 137 Å². The lowest BCUT2D eigenvalue weighted by Gasteiger charge is -2.12. The SMILES string of the molecule is Nc1nc(-c2ccccc2)c2c(c1C(=O)O)-c1ccccc1C2=O. The molecule has 0 atom stereocenters. The molecule has 0 aliphatic heterocycles. The zero-order valence-electron chi connectivity index (χ0n) is 12.5. The maximum atomic E-state index is 12.9. The smallest absolute Gasteiger partial charge is 0.340 e. The molecular formula is C19H12N2O3. The van der Waals surface area contributed by atoms with Gasteiger partial charge in [-0.15, -0.1) is 0 Å². The van der Waals surface area contributed by atoms with Crippen LogP contribution in [0.1, 0.15) is 26.3 Å². The maximum Gasteiger partial charge on any atom is 0.340 e. The van der Waals surface area contributed by atoms with Crippen molar-refractivity contribution < 1.29 is 14.7 Å². The van der Waals surface area contributed by atoms with Crippen molar-refractivity contribution in [1.29, 1.82) is 0 Å². The Kier molecular flexibility index (Phi) is 2.96. The van der Waals surface area contributed by atoms with E-state index in [4.69, 9.17) is 5.73 Å². The number of carboxylic acids is 1. The van der Waals surface area contributed by atoms with Crippen LogP contribution < -0.4 is 5.73 Å². The number of fused-ring (bicyclic) bond motifs is 3. The van der Waals surface area contributed by atoms with Gasteiger partial charge in [0.2, 0.25) is 0 Å². The quantitative estimate of drug-likeness (QED) is 0.592. The van der Waals surface area contributed by atoms with Crippen LogP contribution in [0.25, 0.3) is 22.4 Å². The molecule has 0 radical (unpaired) electrons. The second-order valence-corrected chi connectivity index (χ2v) is 5.52. The van der Waals surface area contributed by atoms with E-state index in [2.05, 4.69) is 4.98 Å². The van der Waals surface area contributed by atoms with E-state index in [0.717, 1.165) is 5.56 Å². The second-order valence-electron chi connectivity index (χ2n) is 5.52. The van der Waals surface area contributed by atoms with Gasteiger partial charge in [-0.2, -0.15) is 0 Å². The number of carbonyl (C=O) groups excluding carboxylic acids is 1. The van der Waals surface area contributed by atoms with Gasteiger partial charge >= 0.3 is 5.97 Å². The molecule has 5 nitrogen and oxygen atoms in total. The van der Waals surface area contributed by atoms with Crippen molar-refractivity contribution in [1.82, 2.24) is 4.98 Å². The third kappa shape index (κ3) is 1.85. The predicted molar refractivity (Wildman–Crippen MR) is 89.9 cm³/mol. The van der Waals surface area contributed by atoms with Crippen molar-refractivity contribution in [3.8, 4) is 22.4 Å². The molecule has 2 aromatic carbocycles. The van der Waals surface area contributed by atoms with E-state index >= 15 is 0 Å². The Hall–Kier alpha value is -3.47. The fourth-order valence-corrected chi connectivity index (χ4v) is 3.15. The average Bonchev–Trinajstić information content (AvgIpc) is 2.88. The van der Waals surface area contributed by atoms with Crippen LogP contribution in [0, 0.1) is 0 Å². The number of nitrogens with two attached hydrogens (primary N) is 1. The van der Waals surface area contributed by atoms with Gasteiger partial charge in [-0.3, -0.25) is 4.79 Å². The highest BCUT2D eigenvalue weighted by atomic mass is 16.4. The molecule has 1 heterocycles. The van der Waals surface area contributed by atoms with Gasteiger partial charge in [0.15, 0.2) is 5.78 Å². The molecule has 4 rings (SSSR count). The fourth-order valence-electron chi connectivity index (χ4n) is 3.15. The highest BCUT2D eigenvalue weighted by Crippen LogP contribution is 2.44. The first kappa shape index (κ1) is 14.1. The molecule has 24 heavy (non-hydrogen) atoms. The van der Waals surface area contributed by atoms with E-state index in [1.165, 1.54) is 0 Å². The van der Waals surface area contributed by atoms with E-state index in [0.29, 0.717) is 27.9 Å². The van der Waals surface area contributed by atoms with Crippen molar-refractivity contribution in [3.63, 3.8) is 0 Å². The van der Waals surface area contributed by atoms with Crippen LogP contribution in [0.3, 0.4) is 0 Å². The second kappa shape index (κ2) is 5.03. The number of benzene rings is 2. The van der Waals surface area contributed by atoms with Crippen LogP contribution in [-0.2, 0) is 0 Å². The van der Waals surface area contributed by atoms with E-state index in [-0.39, 0.29) is 17.2 Å². The molecule has 116 valence electrons. The summed E-state index contributed by atoms with van der Waals surface area (Å²) in [5.41, 5.74) is 8.65. The van der Waals surface area contributed by atoms with Gasteiger partial charge in [-0.05, 0) is 5.56 Å². The Balaban J connectivity index is 2.15. The summed E-state index contributed by atoms with van der Waals surface area (Å²) in [6.07, 6.45) is 0. The normalized spacial score (nSPS) is 11.9. The van der Waals surface area contributed by atoms with Crippen molar-refractivity contribution in [2.24, 2.45) is 0 Å². The van der Waals surface area contributed by atoms with Gasteiger partial charge in [0.25, 0.3) is 0 Å². The van der Waals surface area contributed by atoms with Gasteiger partial charge in [0, 0.05) is 16.7 Å². The third-order valence-electron chi connectivity index (χ3n) is 4.15. The number of hydrogen-bond acceptors (Lipinski definition) is 4. The number of pyridine rings is 1. The maximum absolute atomic E-state index is 12.9. The van der Waals surface area contributed by atoms with E-state index in [1.54, 1.807) is 24.3 Å².